The average Bonchev–Trinajstić information content (AvgIpc) is 3.19. The third-order valence-corrected chi connectivity index (χ3v) is 5.02. The van der Waals surface area contributed by atoms with Crippen LogP contribution in [0.5, 0.6) is 0 Å². The number of rotatable bonds is 5. The highest BCUT2D eigenvalue weighted by Gasteiger charge is 2.13. The van der Waals surface area contributed by atoms with Crippen molar-refractivity contribution in [2.45, 2.75) is 0 Å². The van der Waals surface area contributed by atoms with Crippen molar-refractivity contribution >= 4 is 39.4 Å². The lowest BCUT2D eigenvalue weighted by Crippen LogP contribution is -2.36. The highest BCUT2D eigenvalue weighted by atomic mass is 32.1. The van der Waals surface area contributed by atoms with Crippen LogP contribution in [-0.4, -0.2) is 37.2 Å². The number of nitrogens with zero attached hydrogens (tertiary/aromatic N) is 2. The summed E-state index contributed by atoms with van der Waals surface area (Å²) in [6, 6.07) is 17.6. The summed E-state index contributed by atoms with van der Waals surface area (Å²) >= 11 is 1.41. The van der Waals surface area contributed by atoms with Gasteiger partial charge in [-0.2, -0.15) is 0 Å². The fraction of sp³-hybridized carbons (Fsp3) is 0.200. The summed E-state index contributed by atoms with van der Waals surface area (Å²) in [5.74, 6) is -0.215. The van der Waals surface area contributed by atoms with Crippen LogP contribution in [0.3, 0.4) is 0 Å². The van der Waals surface area contributed by atoms with Gasteiger partial charge in [-0.05, 0) is 36.4 Å². The molecule has 0 spiro atoms. The van der Waals surface area contributed by atoms with Crippen molar-refractivity contribution in [1.82, 2.24) is 4.98 Å². The highest BCUT2D eigenvalue weighted by Crippen LogP contribution is 2.24. The van der Waals surface area contributed by atoms with E-state index in [2.05, 4.69) is 32.7 Å². The Labute approximate surface area is 161 Å². The molecule has 1 saturated heterocycles. The number of benzene rings is 2. The second kappa shape index (κ2) is 8.20. The lowest BCUT2D eigenvalue weighted by atomic mass is 10.2. The van der Waals surface area contributed by atoms with Crippen LogP contribution in [0.4, 0.5) is 22.2 Å². The number of amides is 1. The predicted octanol–water partition coefficient (Wildman–Crippen LogP) is 3.98. The van der Waals surface area contributed by atoms with Crippen LogP contribution < -0.4 is 15.5 Å². The van der Waals surface area contributed by atoms with E-state index in [1.165, 1.54) is 17.0 Å². The Kier molecular flexibility index (Phi) is 5.32. The molecule has 3 aromatic rings. The van der Waals surface area contributed by atoms with Gasteiger partial charge in [0.05, 0.1) is 13.2 Å². The van der Waals surface area contributed by atoms with Crippen molar-refractivity contribution in [1.29, 1.82) is 0 Å². The SMILES string of the molecule is O=C(Nc1ccccc1)c1csc(Nc2ccc(N3CCOCC3)cc2)n1. The van der Waals surface area contributed by atoms with Gasteiger partial charge in [0, 0.05) is 35.5 Å². The molecule has 0 radical (unpaired) electrons. The van der Waals surface area contributed by atoms with Gasteiger partial charge in [-0.25, -0.2) is 4.98 Å². The first-order valence-electron chi connectivity index (χ1n) is 8.80. The Bertz CT molecular complexity index is 890. The van der Waals surface area contributed by atoms with Crippen molar-refractivity contribution in [3.05, 3.63) is 65.7 Å². The topological polar surface area (TPSA) is 66.5 Å². The van der Waals surface area contributed by atoms with Crippen LogP contribution in [0.1, 0.15) is 10.5 Å². The third kappa shape index (κ3) is 4.45. The van der Waals surface area contributed by atoms with Gasteiger partial charge in [-0.1, -0.05) is 18.2 Å². The molecule has 1 aromatic heterocycles. The van der Waals surface area contributed by atoms with Crippen LogP contribution in [0, 0.1) is 0 Å². The Morgan fingerprint density at radius 1 is 1.00 bits per heavy atom. The third-order valence-electron chi connectivity index (χ3n) is 4.26. The van der Waals surface area contributed by atoms with Crippen LogP contribution in [0.2, 0.25) is 0 Å². The zero-order chi connectivity index (χ0) is 18.5. The summed E-state index contributed by atoms with van der Waals surface area (Å²) in [7, 11) is 0. The number of carbonyl (C=O) groups excluding carboxylic acids is 1. The van der Waals surface area contributed by atoms with Crippen molar-refractivity contribution in [2.24, 2.45) is 0 Å². The summed E-state index contributed by atoms with van der Waals surface area (Å²) in [6.07, 6.45) is 0. The molecule has 6 nitrogen and oxygen atoms in total. The van der Waals surface area contributed by atoms with E-state index in [1.54, 1.807) is 5.38 Å². The second-order valence-electron chi connectivity index (χ2n) is 6.13. The summed E-state index contributed by atoms with van der Waals surface area (Å²) < 4.78 is 5.39. The van der Waals surface area contributed by atoms with Crippen LogP contribution in [-0.2, 0) is 4.74 Å². The van der Waals surface area contributed by atoms with E-state index in [4.69, 9.17) is 4.74 Å². The summed E-state index contributed by atoms with van der Waals surface area (Å²) in [4.78, 5) is 19.0. The second-order valence-corrected chi connectivity index (χ2v) is 6.99. The quantitative estimate of drug-likeness (QED) is 0.701. The number of hydrogen-bond acceptors (Lipinski definition) is 6. The summed E-state index contributed by atoms with van der Waals surface area (Å²) in [6.45, 7) is 3.37. The molecule has 1 aliphatic heterocycles. The molecule has 0 saturated carbocycles. The molecular formula is C20H20N4O2S. The first kappa shape index (κ1) is 17.5. The molecular weight excluding hydrogens is 360 g/mol. The van der Waals surface area contributed by atoms with Gasteiger partial charge in [0.15, 0.2) is 5.13 Å². The molecule has 27 heavy (non-hydrogen) atoms. The number of carbonyl (C=O) groups is 1. The summed E-state index contributed by atoms with van der Waals surface area (Å²) in [5.41, 5.74) is 3.28. The van der Waals surface area contributed by atoms with E-state index >= 15 is 0 Å². The number of nitrogens with one attached hydrogen (secondary N) is 2. The standard InChI is InChI=1S/C20H20N4O2S/c25-19(21-15-4-2-1-3-5-15)18-14-27-20(23-18)22-16-6-8-17(9-7-16)24-10-12-26-13-11-24/h1-9,14H,10-13H2,(H,21,25)(H,22,23). The Morgan fingerprint density at radius 2 is 1.74 bits per heavy atom. The van der Waals surface area contributed by atoms with Crippen molar-refractivity contribution < 1.29 is 9.53 Å². The van der Waals surface area contributed by atoms with Gasteiger partial charge in [-0.15, -0.1) is 11.3 Å². The normalized spacial score (nSPS) is 14.0. The number of morpholine rings is 1. The number of thiazole rings is 1. The minimum atomic E-state index is -0.215. The molecule has 2 N–H and O–H groups in total. The monoisotopic (exact) mass is 380 g/mol. The maximum Gasteiger partial charge on any atom is 0.275 e. The maximum atomic E-state index is 12.3. The fourth-order valence-corrected chi connectivity index (χ4v) is 3.56. The Hall–Kier alpha value is -2.90. The van der Waals surface area contributed by atoms with Crippen LogP contribution in [0.15, 0.2) is 60.0 Å². The Morgan fingerprint density at radius 3 is 2.48 bits per heavy atom. The molecule has 1 fully saturated rings. The molecule has 4 rings (SSSR count). The van der Waals surface area contributed by atoms with Crippen LogP contribution >= 0.6 is 11.3 Å². The highest BCUT2D eigenvalue weighted by molar-refractivity contribution is 7.14. The molecule has 0 bridgehead atoms. The molecule has 0 atom stereocenters. The molecule has 1 amide bonds. The Balaban J connectivity index is 1.38. The van der Waals surface area contributed by atoms with Gasteiger partial charge in [-0.3, -0.25) is 4.79 Å². The minimum absolute atomic E-state index is 0.215. The smallest absolute Gasteiger partial charge is 0.275 e. The zero-order valence-electron chi connectivity index (χ0n) is 14.7. The van der Waals surface area contributed by atoms with E-state index in [0.717, 1.165) is 37.7 Å². The minimum Gasteiger partial charge on any atom is -0.378 e. The number of hydrogen-bond donors (Lipinski definition) is 2. The average molecular weight is 380 g/mol. The van der Waals surface area contributed by atoms with Crippen LogP contribution in [0.25, 0.3) is 0 Å². The number of aromatic nitrogens is 1. The predicted molar refractivity (Wildman–Crippen MR) is 109 cm³/mol. The summed E-state index contributed by atoms with van der Waals surface area (Å²) in [5, 5.41) is 8.54. The molecule has 2 aromatic carbocycles. The molecule has 0 aliphatic carbocycles. The molecule has 1 aliphatic rings. The molecule has 2 heterocycles. The number of para-hydroxylation sites is 1. The van der Waals surface area contributed by atoms with Crippen molar-refractivity contribution in [2.75, 3.05) is 41.8 Å². The van der Waals surface area contributed by atoms with E-state index < -0.39 is 0 Å². The number of ether oxygens (including phenoxy) is 1. The number of anilines is 4. The van der Waals surface area contributed by atoms with Gasteiger partial charge in [0.25, 0.3) is 5.91 Å². The van der Waals surface area contributed by atoms with Gasteiger partial charge in [0.1, 0.15) is 5.69 Å². The van der Waals surface area contributed by atoms with Gasteiger partial charge < -0.3 is 20.3 Å². The van der Waals surface area contributed by atoms with E-state index in [9.17, 15) is 4.79 Å². The van der Waals surface area contributed by atoms with Gasteiger partial charge in [0.2, 0.25) is 0 Å². The lowest BCUT2D eigenvalue weighted by molar-refractivity contribution is 0.102. The van der Waals surface area contributed by atoms with E-state index in [-0.39, 0.29) is 5.91 Å². The van der Waals surface area contributed by atoms with E-state index in [0.29, 0.717) is 10.8 Å². The first-order valence-corrected chi connectivity index (χ1v) is 9.67. The zero-order valence-corrected chi connectivity index (χ0v) is 15.5. The maximum absolute atomic E-state index is 12.3. The molecule has 138 valence electrons. The van der Waals surface area contributed by atoms with Gasteiger partial charge >= 0.3 is 0 Å². The molecule has 0 unspecified atom stereocenters. The first-order chi connectivity index (χ1) is 13.3. The van der Waals surface area contributed by atoms with E-state index in [1.807, 2.05) is 42.5 Å². The van der Waals surface area contributed by atoms with Crippen molar-refractivity contribution in [3.63, 3.8) is 0 Å². The van der Waals surface area contributed by atoms with Crippen molar-refractivity contribution in [3.8, 4) is 0 Å². The fourth-order valence-electron chi connectivity index (χ4n) is 2.85. The largest absolute Gasteiger partial charge is 0.378 e. The molecule has 7 heteroatoms. The lowest BCUT2D eigenvalue weighted by Gasteiger charge is -2.28.